The average Bonchev–Trinajstić information content (AvgIpc) is 3.34. The molecule has 148 valence electrons. The minimum Gasteiger partial charge on any atom is -0.496 e. The van der Waals surface area contributed by atoms with Crippen molar-refractivity contribution >= 4 is 28.3 Å². The van der Waals surface area contributed by atoms with Crippen LogP contribution >= 0.6 is 0 Å². The number of aryl methyl sites for hydroxylation is 1. The number of anilines is 2. The van der Waals surface area contributed by atoms with Gasteiger partial charge in [-0.05, 0) is 36.8 Å². The van der Waals surface area contributed by atoms with E-state index in [-0.39, 0.29) is 5.78 Å². The number of aromatic amines is 1. The molecule has 2 aromatic heterocycles. The van der Waals surface area contributed by atoms with Crippen molar-refractivity contribution in [1.29, 1.82) is 0 Å². The number of ether oxygens (including phenoxy) is 1. The number of methoxy groups -OCH3 is 1. The van der Waals surface area contributed by atoms with E-state index in [1.807, 2.05) is 38.2 Å². The standard InChI is InChI=1S/C21H22N6O2/c1-4-5-18(28)16-8-6-13(11-19(16)29-3)20-24-21(27(2)26-20)23-15-7-9-17-14(10-15)12-22-25-17/h6-12H,4-5H2,1-3H3,(H,22,25)(H,23,24,26). The molecule has 0 saturated carbocycles. The molecule has 29 heavy (non-hydrogen) atoms. The Morgan fingerprint density at radius 2 is 2.10 bits per heavy atom. The van der Waals surface area contributed by atoms with Gasteiger partial charge in [0.15, 0.2) is 11.6 Å². The summed E-state index contributed by atoms with van der Waals surface area (Å²) in [6.07, 6.45) is 3.06. The van der Waals surface area contributed by atoms with Gasteiger partial charge in [-0.15, -0.1) is 5.10 Å². The topological polar surface area (TPSA) is 97.7 Å². The van der Waals surface area contributed by atoms with Crippen molar-refractivity contribution in [2.75, 3.05) is 12.4 Å². The van der Waals surface area contributed by atoms with Crippen molar-refractivity contribution in [3.63, 3.8) is 0 Å². The first-order valence-electron chi connectivity index (χ1n) is 9.42. The molecule has 0 aliphatic heterocycles. The molecule has 0 aliphatic carbocycles. The molecule has 0 atom stereocenters. The Bertz CT molecular complexity index is 1180. The van der Waals surface area contributed by atoms with Crippen LogP contribution in [0.1, 0.15) is 30.1 Å². The number of H-pyrrole nitrogens is 1. The zero-order valence-corrected chi connectivity index (χ0v) is 16.6. The van der Waals surface area contributed by atoms with Crippen LogP contribution in [0.2, 0.25) is 0 Å². The third kappa shape index (κ3) is 3.69. The lowest BCUT2D eigenvalue weighted by atomic mass is 10.0. The second-order valence-electron chi connectivity index (χ2n) is 6.77. The molecule has 2 aromatic carbocycles. The molecule has 0 radical (unpaired) electrons. The van der Waals surface area contributed by atoms with Crippen LogP contribution in [-0.2, 0) is 7.05 Å². The van der Waals surface area contributed by atoms with Crippen molar-refractivity contribution in [1.82, 2.24) is 25.0 Å². The van der Waals surface area contributed by atoms with Gasteiger partial charge in [0.2, 0.25) is 5.95 Å². The molecule has 0 spiro atoms. The van der Waals surface area contributed by atoms with Crippen molar-refractivity contribution in [2.45, 2.75) is 19.8 Å². The highest BCUT2D eigenvalue weighted by atomic mass is 16.5. The first-order chi connectivity index (χ1) is 14.1. The van der Waals surface area contributed by atoms with Gasteiger partial charge in [-0.3, -0.25) is 9.89 Å². The van der Waals surface area contributed by atoms with Gasteiger partial charge in [-0.1, -0.05) is 13.0 Å². The van der Waals surface area contributed by atoms with E-state index in [1.54, 1.807) is 30.1 Å². The molecule has 0 bridgehead atoms. The molecule has 0 unspecified atom stereocenters. The molecule has 4 rings (SSSR count). The number of ketones is 1. The summed E-state index contributed by atoms with van der Waals surface area (Å²) in [7, 11) is 3.39. The van der Waals surface area contributed by atoms with Crippen LogP contribution in [0, 0.1) is 0 Å². The van der Waals surface area contributed by atoms with Gasteiger partial charge < -0.3 is 10.1 Å². The number of hydrogen-bond donors (Lipinski definition) is 2. The van der Waals surface area contributed by atoms with Crippen LogP contribution in [0.25, 0.3) is 22.3 Å². The molecule has 8 nitrogen and oxygen atoms in total. The average molecular weight is 390 g/mol. The smallest absolute Gasteiger partial charge is 0.225 e. The predicted molar refractivity (Wildman–Crippen MR) is 112 cm³/mol. The lowest BCUT2D eigenvalue weighted by molar-refractivity contribution is 0.0979. The largest absolute Gasteiger partial charge is 0.496 e. The van der Waals surface area contributed by atoms with E-state index in [0.29, 0.717) is 29.5 Å². The fourth-order valence-corrected chi connectivity index (χ4v) is 3.19. The Kier molecular flexibility index (Phi) is 4.99. The predicted octanol–water partition coefficient (Wildman–Crippen LogP) is 4.09. The second-order valence-corrected chi connectivity index (χ2v) is 6.77. The summed E-state index contributed by atoms with van der Waals surface area (Å²) in [5.41, 5.74) is 3.22. The summed E-state index contributed by atoms with van der Waals surface area (Å²) in [5.74, 6) is 1.76. The molecule has 2 N–H and O–H groups in total. The SMILES string of the molecule is CCCC(=O)c1ccc(-c2nc(Nc3ccc4[nH]ncc4c3)n(C)n2)cc1OC. The molecule has 0 amide bonds. The number of nitrogens with zero attached hydrogens (tertiary/aromatic N) is 4. The number of Topliss-reactive ketones (excluding diaryl/α,β-unsaturated/α-hetero) is 1. The van der Waals surface area contributed by atoms with E-state index in [2.05, 4.69) is 25.6 Å². The maximum atomic E-state index is 12.3. The summed E-state index contributed by atoms with van der Waals surface area (Å²) >= 11 is 0. The first kappa shape index (κ1) is 18.7. The zero-order valence-electron chi connectivity index (χ0n) is 16.6. The Morgan fingerprint density at radius 3 is 2.90 bits per heavy atom. The van der Waals surface area contributed by atoms with Crippen molar-refractivity contribution < 1.29 is 9.53 Å². The fourth-order valence-electron chi connectivity index (χ4n) is 3.19. The zero-order chi connectivity index (χ0) is 20.4. The Morgan fingerprint density at radius 1 is 1.24 bits per heavy atom. The van der Waals surface area contributed by atoms with Gasteiger partial charge >= 0.3 is 0 Å². The van der Waals surface area contributed by atoms with Crippen molar-refractivity contribution in [3.05, 3.63) is 48.2 Å². The molecule has 0 saturated heterocycles. The molecule has 8 heteroatoms. The molecule has 2 heterocycles. The Balaban J connectivity index is 1.62. The van der Waals surface area contributed by atoms with Gasteiger partial charge in [0, 0.05) is 30.1 Å². The summed E-state index contributed by atoms with van der Waals surface area (Å²) in [6.45, 7) is 1.98. The molecular weight excluding hydrogens is 368 g/mol. The van der Waals surface area contributed by atoms with E-state index in [4.69, 9.17) is 4.74 Å². The van der Waals surface area contributed by atoms with Crippen molar-refractivity contribution in [2.24, 2.45) is 7.05 Å². The number of rotatable bonds is 7. The number of carbonyl (C=O) groups excluding carboxylic acids is 1. The van der Waals surface area contributed by atoms with E-state index in [1.165, 1.54) is 0 Å². The van der Waals surface area contributed by atoms with Gasteiger partial charge in [0.1, 0.15) is 5.75 Å². The number of aromatic nitrogens is 5. The summed E-state index contributed by atoms with van der Waals surface area (Å²) in [5, 5.41) is 15.8. The van der Waals surface area contributed by atoms with Crippen LogP contribution < -0.4 is 10.1 Å². The molecular formula is C21H22N6O2. The maximum Gasteiger partial charge on any atom is 0.225 e. The van der Waals surface area contributed by atoms with Crippen LogP contribution in [-0.4, -0.2) is 37.9 Å². The number of fused-ring (bicyclic) bond motifs is 1. The summed E-state index contributed by atoms with van der Waals surface area (Å²) < 4.78 is 7.11. The monoisotopic (exact) mass is 390 g/mol. The Labute approximate surface area is 167 Å². The first-order valence-corrected chi connectivity index (χ1v) is 9.42. The number of benzene rings is 2. The normalized spacial score (nSPS) is 11.0. The van der Waals surface area contributed by atoms with Crippen LogP contribution in [0.5, 0.6) is 5.75 Å². The number of hydrogen-bond acceptors (Lipinski definition) is 6. The number of nitrogens with one attached hydrogen (secondary N) is 2. The van der Waals surface area contributed by atoms with Crippen LogP contribution in [0.15, 0.2) is 42.6 Å². The lowest BCUT2D eigenvalue weighted by Crippen LogP contribution is -2.02. The minimum atomic E-state index is 0.0712. The molecule has 0 aliphatic rings. The maximum absolute atomic E-state index is 12.3. The summed E-state index contributed by atoms with van der Waals surface area (Å²) in [6, 6.07) is 11.3. The van der Waals surface area contributed by atoms with E-state index in [9.17, 15) is 4.79 Å². The van der Waals surface area contributed by atoms with E-state index in [0.717, 1.165) is 28.6 Å². The van der Waals surface area contributed by atoms with Crippen LogP contribution in [0.4, 0.5) is 11.6 Å². The van der Waals surface area contributed by atoms with Gasteiger partial charge in [0.05, 0.1) is 24.4 Å². The molecule has 0 fully saturated rings. The van der Waals surface area contributed by atoms with E-state index < -0.39 is 0 Å². The van der Waals surface area contributed by atoms with Gasteiger partial charge in [-0.2, -0.15) is 10.1 Å². The lowest BCUT2D eigenvalue weighted by Gasteiger charge is -2.08. The summed E-state index contributed by atoms with van der Waals surface area (Å²) in [4.78, 5) is 16.9. The fraction of sp³-hybridized carbons (Fsp3) is 0.238. The highest BCUT2D eigenvalue weighted by Crippen LogP contribution is 2.28. The minimum absolute atomic E-state index is 0.0712. The quantitative estimate of drug-likeness (QED) is 0.461. The second kappa shape index (κ2) is 7.75. The van der Waals surface area contributed by atoms with Gasteiger partial charge in [0.25, 0.3) is 0 Å². The third-order valence-electron chi connectivity index (χ3n) is 4.70. The number of carbonyl (C=O) groups is 1. The Hall–Kier alpha value is -3.68. The highest BCUT2D eigenvalue weighted by Gasteiger charge is 2.16. The van der Waals surface area contributed by atoms with E-state index >= 15 is 0 Å². The third-order valence-corrected chi connectivity index (χ3v) is 4.70. The highest BCUT2D eigenvalue weighted by molar-refractivity contribution is 5.99. The van der Waals surface area contributed by atoms with Crippen LogP contribution in [0.3, 0.4) is 0 Å². The van der Waals surface area contributed by atoms with Crippen molar-refractivity contribution in [3.8, 4) is 17.1 Å². The molecule has 4 aromatic rings. The van der Waals surface area contributed by atoms with Gasteiger partial charge in [-0.25, -0.2) is 4.68 Å².